The highest BCUT2D eigenvalue weighted by atomic mass is 16.5. The number of nitrogens with one attached hydrogen (secondary N) is 1. The van der Waals surface area contributed by atoms with Gasteiger partial charge in [-0.25, -0.2) is 9.97 Å². The molecule has 9 nitrogen and oxygen atoms in total. The van der Waals surface area contributed by atoms with E-state index in [1.807, 2.05) is 39.8 Å². The van der Waals surface area contributed by atoms with Crippen LogP contribution in [0.1, 0.15) is 68.4 Å². The predicted molar refractivity (Wildman–Crippen MR) is 138 cm³/mol. The number of piperidine rings is 1. The van der Waals surface area contributed by atoms with Crippen LogP contribution in [0.5, 0.6) is 5.75 Å². The molecular weight excluding hydrogens is 468 g/mol. The van der Waals surface area contributed by atoms with Gasteiger partial charge in [0.1, 0.15) is 24.0 Å². The molecule has 1 amide bonds. The van der Waals surface area contributed by atoms with E-state index in [9.17, 15) is 10.1 Å². The quantitative estimate of drug-likeness (QED) is 0.588. The molecule has 0 bridgehead atoms. The largest absolute Gasteiger partial charge is 0.489 e. The molecule has 0 unspecified atom stereocenters. The van der Waals surface area contributed by atoms with Crippen LogP contribution in [0.25, 0.3) is 0 Å². The molecule has 9 heteroatoms. The van der Waals surface area contributed by atoms with Gasteiger partial charge in [0, 0.05) is 49.0 Å². The Kier molecular flexibility index (Phi) is 7.38. The first-order valence-corrected chi connectivity index (χ1v) is 12.7. The third-order valence-electron chi connectivity index (χ3n) is 7.94. The molecule has 1 saturated heterocycles. The number of aliphatic hydroxyl groups is 1. The Labute approximate surface area is 218 Å². The van der Waals surface area contributed by atoms with Gasteiger partial charge >= 0.3 is 0 Å². The number of aliphatic hydroxyl groups excluding tert-OH is 1. The lowest BCUT2D eigenvalue weighted by Gasteiger charge is -2.63. The summed E-state index contributed by atoms with van der Waals surface area (Å²) in [4.78, 5) is 24.1. The number of carbonyl (C=O) groups is 1. The van der Waals surface area contributed by atoms with E-state index in [1.54, 1.807) is 30.6 Å². The van der Waals surface area contributed by atoms with Crippen LogP contribution in [0.2, 0.25) is 0 Å². The molecule has 1 aromatic heterocycles. The summed E-state index contributed by atoms with van der Waals surface area (Å²) in [6, 6.07) is 8.76. The molecule has 2 aliphatic rings. The second kappa shape index (κ2) is 10.4. The highest BCUT2D eigenvalue weighted by Gasteiger charge is 2.64. The van der Waals surface area contributed by atoms with E-state index in [4.69, 9.17) is 15.1 Å². The molecule has 1 saturated carbocycles. The van der Waals surface area contributed by atoms with Gasteiger partial charge in [0.05, 0.1) is 16.7 Å². The summed E-state index contributed by atoms with van der Waals surface area (Å²) in [5.41, 5.74) is 0.212. The number of nitriles is 2. The summed E-state index contributed by atoms with van der Waals surface area (Å²) < 4.78 is 6.29. The SMILES string of the molecule is CC1(C)C(NC(=O)c2cnc(N3CCC(CCO)CC3)nc2)C(C)(C)C1Oc1ccc(C#N)c(C#N)c1. The maximum absolute atomic E-state index is 13.1. The van der Waals surface area contributed by atoms with E-state index in [2.05, 4.69) is 20.2 Å². The number of amides is 1. The molecule has 2 fully saturated rings. The van der Waals surface area contributed by atoms with E-state index in [0.29, 0.717) is 28.7 Å². The van der Waals surface area contributed by atoms with Gasteiger partial charge in [-0.1, -0.05) is 27.7 Å². The topological polar surface area (TPSA) is 135 Å². The Hall–Kier alpha value is -3.69. The molecule has 0 spiro atoms. The van der Waals surface area contributed by atoms with Crippen molar-refractivity contribution in [2.75, 3.05) is 24.6 Å². The van der Waals surface area contributed by atoms with Gasteiger partial charge in [-0.3, -0.25) is 4.79 Å². The fraction of sp³-hybridized carbons (Fsp3) is 0.536. The zero-order chi connectivity index (χ0) is 26.8. The summed E-state index contributed by atoms with van der Waals surface area (Å²) in [5.74, 6) is 1.45. The molecular formula is C28H34N6O3. The minimum atomic E-state index is -0.389. The highest BCUT2D eigenvalue weighted by Crippen LogP contribution is 2.55. The number of ether oxygens (including phenoxy) is 1. The fourth-order valence-corrected chi connectivity index (χ4v) is 6.14. The second-order valence-corrected chi connectivity index (χ2v) is 11.2. The van der Waals surface area contributed by atoms with Crippen molar-refractivity contribution in [3.8, 4) is 17.9 Å². The van der Waals surface area contributed by atoms with Crippen molar-refractivity contribution in [3.05, 3.63) is 47.3 Å². The van der Waals surface area contributed by atoms with E-state index < -0.39 is 0 Å². The van der Waals surface area contributed by atoms with E-state index in [0.717, 1.165) is 32.4 Å². The average molecular weight is 503 g/mol. The minimum absolute atomic E-state index is 0.170. The first kappa shape index (κ1) is 26.4. The molecule has 1 aromatic carbocycles. The van der Waals surface area contributed by atoms with Gasteiger partial charge in [0.15, 0.2) is 0 Å². The normalized spacial score (nSPS) is 22.3. The first-order valence-electron chi connectivity index (χ1n) is 12.7. The first-order chi connectivity index (χ1) is 17.6. The van der Waals surface area contributed by atoms with Crippen LogP contribution < -0.4 is 15.0 Å². The number of anilines is 1. The van der Waals surface area contributed by atoms with E-state index >= 15 is 0 Å². The van der Waals surface area contributed by atoms with Crippen LogP contribution in [0.4, 0.5) is 5.95 Å². The lowest BCUT2D eigenvalue weighted by molar-refractivity contribution is -0.164. The van der Waals surface area contributed by atoms with E-state index in [-0.39, 0.29) is 41.1 Å². The smallest absolute Gasteiger partial charge is 0.254 e. The number of aromatic nitrogens is 2. The third-order valence-corrected chi connectivity index (χ3v) is 7.94. The molecule has 2 heterocycles. The summed E-state index contributed by atoms with van der Waals surface area (Å²) in [6.07, 6.45) is 5.76. The van der Waals surface area contributed by atoms with Crippen molar-refractivity contribution < 1.29 is 14.6 Å². The number of hydrogen-bond acceptors (Lipinski definition) is 8. The molecule has 4 rings (SSSR count). The average Bonchev–Trinajstić information content (AvgIpc) is 2.90. The van der Waals surface area contributed by atoms with Gasteiger partial charge in [0.25, 0.3) is 5.91 Å². The highest BCUT2D eigenvalue weighted by molar-refractivity contribution is 5.94. The fourth-order valence-electron chi connectivity index (χ4n) is 6.14. The van der Waals surface area contributed by atoms with Gasteiger partial charge in [-0.2, -0.15) is 10.5 Å². The van der Waals surface area contributed by atoms with Gasteiger partial charge in [-0.05, 0) is 43.4 Å². The van der Waals surface area contributed by atoms with Crippen LogP contribution in [-0.2, 0) is 0 Å². The Morgan fingerprint density at radius 1 is 1.11 bits per heavy atom. The van der Waals surface area contributed by atoms with Gasteiger partial charge < -0.3 is 20.1 Å². The number of hydrogen-bond donors (Lipinski definition) is 2. The second-order valence-electron chi connectivity index (χ2n) is 11.2. The number of nitrogens with zero attached hydrogens (tertiary/aromatic N) is 5. The van der Waals surface area contributed by atoms with Crippen LogP contribution >= 0.6 is 0 Å². The minimum Gasteiger partial charge on any atom is -0.489 e. The van der Waals surface area contributed by atoms with Crippen LogP contribution in [0.15, 0.2) is 30.6 Å². The van der Waals surface area contributed by atoms with Crippen molar-refractivity contribution in [1.82, 2.24) is 15.3 Å². The number of benzene rings is 1. The number of rotatable bonds is 7. The Balaban J connectivity index is 1.40. The standard InChI is InChI=1S/C28H34N6O3/c1-27(2)24(28(3,4)25(27)37-22-6-5-19(14-29)20(13-22)15-30)33-23(36)21-16-31-26(32-17-21)34-10-7-18(8-11-34)9-12-35/h5-6,13,16-18,24-25,35H,7-12H2,1-4H3,(H,33,36). The zero-order valence-electron chi connectivity index (χ0n) is 21.9. The number of carbonyl (C=O) groups excluding carboxylic acids is 1. The van der Waals surface area contributed by atoms with Crippen molar-refractivity contribution >= 4 is 11.9 Å². The Bertz CT molecular complexity index is 1200. The van der Waals surface area contributed by atoms with Crippen LogP contribution in [0.3, 0.4) is 0 Å². The summed E-state index contributed by atoms with van der Waals surface area (Å²) in [6.45, 7) is 10.1. The Morgan fingerprint density at radius 2 is 1.73 bits per heavy atom. The van der Waals surface area contributed by atoms with E-state index in [1.165, 1.54) is 0 Å². The van der Waals surface area contributed by atoms with Crippen molar-refractivity contribution in [1.29, 1.82) is 10.5 Å². The molecule has 0 radical (unpaired) electrons. The molecule has 1 aliphatic heterocycles. The summed E-state index contributed by atoms with van der Waals surface area (Å²) >= 11 is 0. The van der Waals surface area contributed by atoms with Crippen LogP contribution in [-0.4, -0.2) is 52.8 Å². The molecule has 1 aliphatic carbocycles. The monoisotopic (exact) mass is 502 g/mol. The lowest BCUT2D eigenvalue weighted by Crippen LogP contribution is -2.74. The molecule has 194 valence electrons. The van der Waals surface area contributed by atoms with Crippen molar-refractivity contribution in [3.63, 3.8) is 0 Å². The Morgan fingerprint density at radius 3 is 2.30 bits per heavy atom. The lowest BCUT2D eigenvalue weighted by atomic mass is 9.49. The van der Waals surface area contributed by atoms with Gasteiger partial charge in [0.2, 0.25) is 5.95 Å². The van der Waals surface area contributed by atoms with Crippen molar-refractivity contribution in [2.24, 2.45) is 16.7 Å². The maximum atomic E-state index is 13.1. The van der Waals surface area contributed by atoms with Gasteiger partial charge in [-0.15, -0.1) is 0 Å². The predicted octanol–water partition coefficient (Wildman–Crippen LogP) is 3.43. The summed E-state index contributed by atoms with van der Waals surface area (Å²) in [7, 11) is 0. The zero-order valence-corrected chi connectivity index (χ0v) is 21.9. The molecule has 2 N–H and O–H groups in total. The van der Waals surface area contributed by atoms with Crippen LogP contribution in [0, 0.1) is 39.4 Å². The molecule has 37 heavy (non-hydrogen) atoms. The summed E-state index contributed by atoms with van der Waals surface area (Å²) in [5, 5.41) is 30.8. The van der Waals surface area contributed by atoms with Crippen molar-refractivity contribution in [2.45, 2.75) is 59.1 Å². The third kappa shape index (κ3) is 5.10. The maximum Gasteiger partial charge on any atom is 0.254 e. The molecule has 0 atom stereocenters. The molecule has 2 aromatic rings.